The van der Waals surface area contributed by atoms with Crippen LogP contribution in [-0.2, 0) is 14.1 Å². The van der Waals surface area contributed by atoms with Crippen molar-refractivity contribution in [3.63, 3.8) is 0 Å². The van der Waals surface area contributed by atoms with E-state index < -0.39 is 13.2 Å². The third-order valence-corrected chi connectivity index (χ3v) is 4.87. The summed E-state index contributed by atoms with van der Waals surface area (Å²) in [5.74, 6) is -1.65. The fourth-order valence-electron chi connectivity index (χ4n) is 1.50. The first-order valence-electron chi connectivity index (χ1n) is 6.59. The first kappa shape index (κ1) is 17.6. The Morgan fingerprint density at radius 1 is 1.28 bits per heavy atom. The van der Waals surface area contributed by atoms with Crippen molar-refractivity contribution in [2.75, 3.05) is 12.8 Å². The Hall–Kier alpha value is -0.380. The fourth-order valence-corrected chi connectivity index (χ4v) is 2.98. The fraction of sp³-hybridized carbons (Fsp3) is 0.917. The van der Waals surface area contributed by atoms with E-state index in [-0.39, 0.29) is 31.6 Å². The van der Waals surface area contributed by atoms with Gasteiger partial charge in [0.15, 0.2) is 0 Å². The van der Waals surface area contributed by atoms with E-state index in [2.05, 4.69) is 6.92 Å². The average molecular weight is 280 g/mol. The Labute approximate surface area is 109 Å². The van der Waals surface area contributed by atoms with Crippen molar-refractivity contribution in [2.24, 2.45) is 0 Å². The lowest BCUT2D eigenvalue weighted by molar-refractivity contribution is -0.143. The number of esters is 1. The van der Waals surface area contributed by atoms with E-state index in [1.54, 1.807) is 6.92 Å². The van der Waals surface area contributed by atoms with E-state index in [0.717, 1.165) is 19.3 Å². The Bertz CT molecular complexity index is 280. The van der Waals surface area contributed by atoms with Crippen LogP contribution in [0.25, 0.3) is 0 Å². The quantitative estimate of drug-likeness (QED) is 0.365. The molecule has 0 fully saturated rings. The minimum atomic E-state index is -3.53. The van der Waals surface area contributed by atoms with Crippen LogP contribution in [0.5, 0.6) is 0 Å². The van der Waals surface area contributed by atoms with Crippen LogP contribution in [0.1, 0.15) is 52.4 Å². The van der Waals surface area contributed by atoms with E-state index in [0.29, 0.717) is 6.42 Å². The maximum absolute atomic E-state index is 11.8. The zero-order valence-electron chi connectivity index (χ0n) is 11.3. The molecule has 5 nitrogen and oxygen atoms in total. The molecule has 0 aliphatic rings. The molecule has 2 N–H and O–H groups in total. The van der Waals surface area contributed by atoms with Gasteiger partial charge in [0.2, 0.25) is 7.37 Å². The monoisotopic (exact) mass is 280 g/mol. The van der Waals surface area contributed by atoms with Crippen LogP contribution in [-0.4, -0.2) is 34.6 Å². The Morgan fingerprint density at radius 2 is 1.94 bits per heavy atom. The lowest BCUT2D eigenvalue weighted by Crippen LogP contribution is -2.15. The van der Waals surface area contributed by atoms with Gasteiger partial charge in [0.25, 0.3) is 0 Å². The summed E-state index contributed by atoms with van der Waals surface area (Å²) in [6.45, 7) is 3.73. The molecule has 0 aliphatic heterocycles. The number of aliphatic hydroxyl groups excluding tert-OH is 1. The van der Waals surface area contributed by atoms with Gasteiger partial charge in [-0.05, 0) is 6.42 Å². The normalized spacial score (nSPS) is 16.0. The molecular weight excluding hydrogens is 255 g/mol. The van der Waals surface area contributed by atoms with Crippen molar-refractivity contribution in [1.29, 1.82) is 0 Å². The predicted octanol–water partition coefficient (Wildman–Crippen LogP) is 2.50. The van der Waals surface area contributed by atoms with Crippen LogP contribution in [0.4, 0.5) is 0 Å². The van der Waals surface area contributed by atoms with Gasteiger partial charge in [-0.3, -0.25) is 9.36 Å². The Morgan fingerprint density at radius 3 is 2.50 bits per heavy atom. The SMILES string of the molecule is CCCCCCP(=O)(O)C(O)CCOC(=O)CC. The number of carbonyl (C=O) groups is 1. The Balaban J connectivity index is 3.87. The maximum Gasteiger partial charge on any atom is 0.305 e. The third kappa shape index (κ3) is 7.85. The van der Waals surface area contributed by atoms with Crippen molar-refractivity contribution in [3.05, 3.63) is 0 Å². The number of unbranched alkanes of at least 4 members (excludes halogenated alkanes) is 3. The molecule has 18 heavy (non-hydrogen) atoms. The number of ether oxygens (including phenoxy) is 1. The van der Waals surface area contributed by atoms with Crippen LogP contribution in [0.15, 0.2) is 0 Å². The van der Waals surface area contributed by atoms with E-state index in [4.69, 9.17) is 4.74 Å². The minimum Gasteiger partial charge on any atom is -0.466 e. The summed E-state index contributed by atoms with van der Waals surface area (Å²) in [7, 11) is -3.53. The molecule has 2 unspecified atom stereocenters. The van der Waals surface area contributed by atoms with Gasteiger partial charge in [0.05, 0.1) is 6.61 Å². The standard InChI is InChI=1S/C12H25O5P/c1-3-5-6-7-10-18(15,16)12(14)8-9-17-11(13)4-2/h12,14H,3-10H2,1-2H3,(H,15,16). The topological polar surface area (TPSA) is 83.8 Å². The summed E-state index contributed by atoms with van der Waals surface area (Å²) < 4.78 is 16.6. The summed E-state index contributed by atoms with van der Waals surface area (Å²) in [6, 6.07) is 0. The van der Waals surface area contributed by atoms with Gasteiger partial charge in [-0.2, -0.15) is 0 Å². The van der Waals surface area contributed by atoms with E-state index in [1.165, 1.54) is 0 Å². The number of hydrogen-bond acceptors (Lipinski definition) is 4. The zero-order chi connectivity index (χ0) is 14.0. The summed E-state index contributed by atoms with van der Waals surface area (Å²) in [5.41, 5.74) is 0. The highest BCUT2D eigenvalue weighted by molar-refractivity contribution is 7.58. The zero-order valence-corrected chi connectivity index (χ0v) is 12.2. The molecule has 108 valence electrons. The lowest BCUT2D eigenvalue weighted by Gasteiger charge is -2.18. The van der Waals surface area contributed by atoms with Crippen LogP contribution in [0.3, 0.4) is 0 Å². The first-order valence-corrected chi connectivity index (χ1v) is 8.50. The van der Waals surface area contributed by atoms with Gasteiger partial charge in [0, 0.05) is 19.0 Å². The molecule has 0 amide bonds. The summed E-state index contributed by atoms with van der Waals surface area (Å²) in [5, 5.41) is 9.61. The minimum absolute atomic E-state index is 0.00660. The average Bonchev–Trinajstić information content (AvgIpc) is 2.34. The highest BCUT2D eigenvalue weighted by Gasteiger charge is 2.28. The van der Waals surface area contributed by atoms with E-state index >= 15 is 0 Å². The largest absolute Gasteiger partial charge is 0.466 e. The number of hydrogen-bond donors (Lipinski definition) is 2. The van der Waals surface area contributed by atoms with E-state index in [9.17, 15) is 19.4 Å². The molecule has 0 aromatic rings. The molecule has 0 rings (SSSR count). The number of carbonyl (C=O) groups excluding carboxylic acids is 1. The van der Waals surface area contributed by atoms with Crippen molar-refractivity contribution >= 4 is 13.3 Å². The highest BCUT2D eigenvalue weighted by Crippen LogP contribution is 2.47. The third-order valence-electron chi connectivity index (χ3n) is 2.73. The van der Waals surface area contributed by atoms with Gasteiger partial charge < -0.3 is 14.7 Å². The summed E-state index contributed by atoms with van der Waals surface area (Å²) >= 11 is 0. The van der Waals surface area contributed by atoms with Crippen LogP contribution in [0.2, 0.25) is 0 Å². The van der Waals surface area contributed by atoms with Gasteiger partial charge >= 0.3 is 5.97 Å². The summed E-state index contributed by atoms with van der Waals surface area (Å²) in [6.07, 6.45) is 4.06. The number of rotatable bonds is 10. The van der Waals surface area contributed by atoms with Gasteiger partial charge in [-0.1, -0.05) is 33.1 Å². The molecule has 0 aromatic heterocycles. The van der Waals surface area contributed by atoms with E-state index in [1.807, 2.05) is 0 Å². The van der Waals surface area contributed by atoms with Crippen LogP contribution >= 0.6 is 7.37 Å². The molecule has 0 saturated carbocycles. The second-order valence-electron chi connectivity index (χ2n) is 4.38. The second-order valence-corrected chi connectivity index (χ2v) is 6.94. The van der Waals surface area contributed by atoms with Crippen molar-refractivity contribution in [3.8, 4) is 0 Å². The molecule has 6 heteroatoms. The molecule has 0 spiro atoms. The predicted molar refractivity (Wildman–Crippen MR) is 70.7 cm³/mol. The Kier molecular flexibility index (Phi) is 9.34. The molecule has 0 radical (unpaired) electrons. The molecule has 0 saturated heterocycles. The van der Waals surface area contributed by atoms with Crippen molar-refractivity contribution in [1.82, 2.24) is 0 Å². The highest BCUT2D eigenvalue weighted by atomic mass is 31.2. The van der Waals surface area contributed by atoms with Gasteiger partial charge in [-0.15, -0.1) is 0 Å². The van der Waals surface area contributed by atoms with Crippen molar-refractivity contribution < 1.29 is 24.1 Å². The van der Waals surface area contributed by atoms with Crippen LogP contribution in [0, 0.1) is 0 Å². The van der Waals surface area contributed by atoms with Crippen LogP contribution < -0.4 is 0 Å². The molecule has 0 bridgehead atoms. The van der Waals surface area contributed by atoms with Gasteiger partial charge in [0.1, 0.15) is 5.85 Å². The second kappa shape index (κ2) is 9.54. The molecular formula is C12H25O5P. The summed E-state index contributed by atoms with van der Waals surface area (Å²) in [4.78, 5) is 20.5. The lowest BCUT2D eigenvalue weighted by atomic mass is 10.2. The maximum atomic E-state index is 11.8. The smallest absolute Gasteiger partial charge is 0.305 e. The number of aliphatic hydroxyl groups is 1. The molecule has 0 aliphatic carbocycles. The molecule has 0 aromatic carbocycles. The molecule has 0 heterocycles. The first-order chi connectivity index (χ1) is 8.44. The molecule has 2 atom stereocenters. The van der Waals surface area contributed by atoms with Crippen molar-refractivity contribution in [2.45, 2.75) is 58.2 Å². The van der Waals surface area contributed by atoms with Gasteiger partial charge in [-0.25, -0.2) is 0 Å².